The number of benzene rings is 2. The minimum Gasteiger partial charge on any atom is -0.465 e. The molecule has 0 atom stereocenters. The van der Waals surface area contributed by atoms with Crippen LogP contribution in [0.5, 0.6) is 0 Å². The first-order chi connectivity index (χ1) is 16.5. The van der Waals surface area contributed by atoms with Crippen molar-refractivity contribution in [2.45, 2.75) is 0 Å². The zero-order valence-corrected chi connectivity index (χ0v) is 18.7. The van der Waals surface area contributed by atoms with Crippen LogP contribution >= 0.6 is 11.3 Å². The van der Waals surface area contributed by atoms with Crippen molar-refractivity contribution in [1.29, 1.82) is 0 Å². The molecule has 0 saturated carbocycles. The topological polar surface area (TPSA) is 123 Å². The number of anilines is 4. The Hall–Kier alpha value is -4.56. The first-order valence-electron chi connectivity index (χ1n) is 10.4. The predicted molar refractivity (Wildman–Crippen MR) is 138 cm³/mol. The van der Waals surface area contributed by atoms with Gasteiger partial charge in [0.25, 0.3) is 11.8 Å². The van der Waals surface area contributed by atoms with Crippen molar-refractivity contribution < 1.29 is 14.0 Å². The fourth-order valence-corrected chi connectivity index (χ4v) is 4.39. The minimum absolute atomic E-state index is 0.0704. The Morgan fingerprint density at radius 3 is 1.91 bits per heavy atom. The van der Waals surface area contributed by atoms with Crippen LogP contribution in [0.25, 0.3) is 23.3 Å². The van der Waals surface area contributed by atoms with Crippen LogP contribution in [0.2, 0.25) is 0 Å². The number of fused-ring (bicyclic) bond motifs is 2. The van der Waals surface area contributed by atoms with Crippen LogP contribution in [0.15, 0.2) is 76.7 Å². The minimum atomic E-state index is -0.137. The van der Waals surface area contributed by atoms with Crippen LogP contribution in [0.1, 0.15) is 21.8 Å². The molecule has 0 unspecified atom stereocenters. The summed E-state index contributed by atoms with van der Waals surface area (Å²) < 4.78 is 5.20. The van der Waals surface area contributed by atoms with Crippen LogP contribution < -0.4 is 22.1 Å². The molecule has 0 fully saturated rings. The lowest BCUT2D eigenvalue weighted by atomic mass is 10.1. The van der Waals surface area contributed by atoms with Gasteiger partial charge in [-0.3, -0.25) is 9.59 Å². The highest BCUT2D eigenvalue weighted by Crippen LogP contribution is 2.35. The van der Waals surface area contributed by atoms with E-state index in [2.05, 4.69) is 10.6 Å². The number of thiophene rings is 1. The van der Waals surface area contributed by atoms with Gasteiger partial charge in [0.15, 0.2) is 0 Å². The van der Waals surface area contributed by atoms with E-state index in [1.54, 1.807) is 60.1 Å². The van der Waals surface area contributed by atoms with Gasteiger partial charge in [-0.1, -0.05) is 6.07 Å². The molecule has 8 heteroatoms. The Kier molecular flexibility index (Phi) is 5.49. The molecule has 6 N–H and O–H groups in total. The molecule has 0 spiro atoms. The third-order valence-corrected chi connectivity index (χ3v) is 6.13. The van der Waals surface area contributed by atoms with Crippen LogP contribution in [-0.4, -0.2) is 11.8 Å². The molecule has 4 heterocycles. The third kappa shape index (κ3) is 4.22. The zero-order chi connectivity index (χ0) is 23.7. The molecular weight excluding hydrogens is 448 g/mol. The van der Waals surface area contributed by atoms with Crippen LogP contribution in [-0.2, 0) is 9.59 Å². The smallest absolute Gasteiger partial charge is 0.256 e. The molecule has 168 valence electrons. The molecule has 0 radical (unpaired) electrons. The predicted octanol–water partition coefficient (Wildman–Crippen LogP) is 5.18. The Morgan fingerprint density at radius 1 is 0.765 bits per heavy atom. The lowest BCUT2D eigenvalue weighted by molar-refractivity contribution is -0.111. The maximum absolute atomic E-state index is 11.9. The number of rotatable bonds is 2. The van der Waals surface area contributed by atoms with E-state index in [9.17, 15) is 9.59 Å². The van der Waals surface area contributed by atoms with Crippen LogP contribution in [0, 0.1) is 0 Å². The molecule has 0 saturated heterocycles. The average Bonchev–Trinajstić information content (AvgIpc) is 3.61. The quantitative estimate of drug-likeness (QED) is 0.238. The second-order valence-corrected chi connectivity index (χ2v) is 8.64. The summed E-state index contributed by atoms with van der Waals surface area (Å²) in [5.74, 6) is 0.437. The Bertz CT molecular complexity index is 1340. The van der Waals surface area contributed by atoms with E-state index in [0.717, 1.165) is 27.4 Å². The van der Waals surface area contributed by atoms with Gasteiger partial charge >= 0.3 is 0 Å². The largest absolute Gasteiger partial charge is 0.465 e. The van der Waals surface area contributed by atoms with Crippen molar-refractivity contribution in [3.8, 4) is 0 Å². The molecule has 2 aliphatic rings. The maximum atomic E-state index is 11.9. The lowest BCUT2D eigenvalue weighted by Gasteiger charge is -1.99. The van der Waals surface area contributed by atoms with Gasteiger partial charge in [0, 0.05) is 38.8 Å². The van der Waals surface area contributed by atoms with Crippen LogP contribution in [0.4, 0.5) is 22.7 Å². The Labute approximate surface area is 199 Å². The SMILES string of the molecule is Nc1ccc2c(c1)/C(=C/c1ccco1)C(=O)N2.Nc1ccc2c(c1)/C(=C/c1cccs1)C(=O)N2. The van der Waals surface area contributed by atoms with E-state index in [1.165, 1.54) is 0 Å². The van der Waals surface area contributed by atoms with E-state index in [1.807, 2.05) is 35.7 Å². The van der Waals surface area contributed by atoms with Crippen molar-refractivity contribution in [2.75, 3.05) is 22.1 Å². The van der Waals surface area contributed by atoms with Gasteiger partial charge in [-0.2, -0.15) is 0 Å². The molecule has 7 nitrogen and oxygen atoms in total. The van der Waals surface area contributed by atoms with E-state index in [-0.39, 0.29) is 11.8 Å². The van der Waals surface area contributed by atoms with E-state index >= 15 is 0 Å². The first-order valence-corrected chi connectivity index (χ1v) is 11.3. The normalized spacial score (nSPS) is 16.0. The number of hydrogen-bond acceptors (Lipinski definition) is 6. The highest BCUT2D eigenvalue weighted by Gasteiger charge is 2.25. The Morgan fingerprint density at radius 2 is 1.38 bits per heavy atom. The fourth-order valence-electron chi connectivity index (χ4n) is 3.73. The number of nitrogen functional groups attached to an aromatic ring is 2. The van der Waals surface area contributed by atoms with Gasteiger partial charge in [-0.25, -0.2) is 0 Å². The molecule has 0 aliphatic carbocycles. The molecular formula is C26H20N4O3S. The zero-order valence-electron chi connectivity index (χ0n) is 17.9. The lowest BCUT2D eigenvalue weighted by Crippen LogP contribution is -2.03. The number of hydrogen-bond donors (Lipinski definition) is 4. The summed E-state index contributed by atoms with van der Waals surface area (Å²) in [7, 11) is 0. The van der Waals surface area contributed by atoms with Gasteiger partial charge in [0.2, 0.25) is 0 Å². The average molecular weight is 469 g/mol. The second kappa shape index (κ2) is 8.76. The first kappa shape index (κ1) is 21.3. The van der Waals surface area contributed by atoms with Crippen molar-refractivity contribution in [3.05, 3.63) is 94.1 Å². The standard InChI is InChI=1S/C13H10N2O2.C13H10N2OS/c2*14-8-3-4-12-10(6-8)11(13(16)15-12)7-9-2-1-5-17-9/h2*1-7H,14H2,(H,15,16)/b2*11-7-. The number of amides is 2. The summed E-state index contributed by atoms with van der Waals surface area (Å²) in [6.07, 6.45) is 5.17. The molecule has 0 bridgehead atoms. The monoisotopic (exact) mass is 468 g/mol. The van der Waals surface area contributed by atoms with Crippen molar-refractivity contribution in [2.24, 2.45) is 0 Å². The Balaban J connectivity index is 0.000000142. The summed E-state index contributed by atoms with van der Waals surface area (Å²) >= 11 is 1.60. The molecule has 2 aromatic carbocycles. The third-order valence-electron chi connectivity index (χ3n) is 5.31. The number of furan rings is 1. The number of nitrogens with two attached hydrogens (primary N) is 2. The van der Waals surface area contributed by atoms with Crippen molar-refractivity contribution in [3.63, 3.8) is 0 Å². The number of carbonyl (C=O) groups is 2. The van der Waals surface area contributed by atoms with Gasteiger partial charge < -0.3 is 26.5 Å². The molecule has 2 amide bonds. The van der Waals surface area contributed by atoms with E-state index in [0.29, 0.717) is 28.3 Å². The molecule has 34 heavy (non-hydrogen) atoms. The second-order valence-electron chi connectivity index (χ2n) is 7.67. The number of carbonyl (C=O) groups excluding carboxylic acids is 2. The van der Waals surface area contributed by atoms with Crippen LogP contribution in [0.3, 0.4) is 0 Å². The highest BCUT2D eigenvalue weighted by molar-refractivity contribution is 7.11. The van der Waals surface area contributed by atoms with Gasteiger partial charge in [0.05, 0.1) is 17.4 Å². The summed E-state index contributed by atoms with van der Waals surface area (Å²) in [6, 6.07) is 18.3. The molecule has 2 aliphatic heterocycles. The number of nitrogens with one attached hydrogen (secondary N) is 2. The van der Waals surface area contributed by atoms with Crippen molar-refractivity contribution in [1.82, 2.24) is 0 Å². The van der Waals surface area contributed by atoms with Gasteiger partial charge in [0.1, 0.15) is 5.76 Å². The summed E-state index contributed by atoms with van der Waals surface area (Å²) in [6.45, 7) is 0. The highest BCUT2D eigenvalue weighted by atomic mass is 32.1. The van der Waals surface area contributed by atoms with E-state index < -0.39 is 0 Å². The molecule has 4 aromatic rings. The van der Waals surface area contributed by atoms with Gasteiger partial charge in [-0.05, 0) is 72.1 Å². The fraction of sp³-hybridized carbons (Fsp3) is 0. The molecule has 6 rings (SSSR count). The summed E-state index contributed by atoms with van der Waals surface area (Å²) in [5, 5.41) is 7.60. The van der Waals surface area contributed by atoms with Gasteiger partial charge in [-0.15, -0.1) is 11.3 Å². The summed E-state index contributed by atoms with van der Waals surface area (Å²) in [5.41, 5.74) is 17.3. The van der Waals surface area contributed by atoms with Crippen molar-refractivity contribution >= 4 is 69.2 Å². The summed E-state index contributed by atoms with van der Waals surface area (Å²) in [4.78, 5) is 24.7. The maximum Gasteiger partial charge on any atom is 0.256 e. The van der Waals surface area contributed by atoms with E-state index in [4.69, 9.17) is 15.9 Å². The molecule has 2 aromatic heterocycles.